The summed E-state index contributed by atoms with van der Waals surface area (Å²) in [5.74, 6) is -1.30. The lowest BCUT2D eigenvalue weighted by molar-refractivity contribution is -0.131. The molecule has 44 heavy (non-hydrogen) atoms. The van der Waals surface area contributed by atoms with E-state index in [0.717, 1.165) is 52.9 Å². The number of ether oxygens (including phenoxy) is 1. The van der Waals surface area contributed by atoms with Crippen molar-refractivity contribution in [2.75, 3.05) is 62.7 Å². The van der Waals surface area contributed by atoms with E-state index in [4.69, 9.17) is 21.3 Å². The molecule has 0 spiro atoms. The van der Waals surface area contributed by atoms with Gasteiger partial charge in [-0.05, 0) is 62.9 Å². The predicted molar refractivity (Wildman–Crippen MR) is 166 cm³/mol. The fourth-order valence-corrected chi connectivity index (χ4v) is 6.79. The Balaban J connectivity index is 1.35. The van der Waals surface area contributed by atoms with Crippen LogP contribution in [0.5, 0.6) is 6.01 Å². The van der Waals surface area contributed by atoms with Gasteiger partial charge in [-0.2, -0.15) is 9.97 Å². The molecular formula is C33H37F2N7O2. The number of hydrogen-bond acceptors (Lipinski definition) is 7. The molecule has 0 bridgehead atoms. The summed E-state index contributed by atoms with van der Waals surface area (Å²) in [5.41, 5.74) is 3.40. The number of aryl methyl sites for hydroxylation is 1. The highest BCUT2D eigenvalue weighted by Crippen LogP contribution is 2.36. The molecule has 4 heterocycles. The smallest absolute Gasteiger partial charge is 0.318 e. The SMILES string of the molecule is [C-]#[N+]C[C@H]1CN(c2nc(OC[C@@H]3CCCN3C)nc3c2CCN(c2cccc4ccc(F)c(C)c24)C3)CCN1C(=O)C(=C)F. The minimum atomic E-state index is -1.02. The zero-order valence-corrected chi connectivity index (χ0v) is 25.2. The maximum atomic E-state index is 14.7. The molecule has 11 heteroatoms. The van der Waals surface area contributed by atoms with Crippen molar-refractivity contribution in [2.24, 2.45) is 0 Å². The van der Waals surface area contributed by atoms with Crippen LogP contribution in [0.3, 0.4) is 0 Å². The molecule has 2 fully saturated rings. The number of hydrogen-bond donors (Lipinski definition) is 0. The zero-order valence-electron chi connectivity index (χ0n) is 25.2. The molecule has 1 amide bonds. The summed E-state index contributed by atoms with van der Waals surface area (Å²) in [7, 11) is 2.09. The molecule has 3 aliphatic heterocycles. The third kappa shape index (κ3) is 5.66. The van der Waals surface area contributed by atoms with Gasteiger partial charge in [-0.15, -0.1) is 0 Å². The number of aromatic nitrogens is 2. The molecule has 9 nitrogen and oxygen atoms in total. The first-order valence-electron chi connectivity index (χ1n) is 15.1. The molecular weight excluding hydrogens is 564 g/mol. The van der Waals surface area contributed by atoms with Crippen molar-refractivity contribution in [3.63, 3.8) is 0 Å². The van der Waals surface area contributed by atoms with Crippen molar-refractivity contribution >= 4 is 28.2 Å². The molecule has 1 aromatic heterocycles. The number of piperazine rings is 1. The van der Waals surface area contributed by atoms with Crippen molar-refractivity contribution in [3.8, 4) is 6.01 Å². The van der Waals surface area contributed by atoms with E-state index in [1.54, 1.807) is 0 Å². The van der Waals surface area contributed by atoms with Crippen LogP contribution in [-0.4, -0.2) is 90.7 Å². The van der Waals surface area contributed by atoms with Crippen LogP contribution >= 0.6 is 0 Å². The van der Waals surface area contributed by atoms with Crippen LogP contribution in [0, 0.1) is 19.3 Å². The molecule has 3 aromatic rings. The highest BCUT2D eigenvalue weighted by Gasteiger charge is 2.36. The monoisotopic (exact) mass is 601 g/mol. The fraction of sp³-hybridized carbons (Fsp3) is 0.455. The first-order chi connectivity index (χ1) is 21.2. The van der Waals surface area contributed by atoms with Crippen molar-refractivity contribution in [1.82, 2.24) is 19.8 Å². The molecule has 6 rings (SSSR count). The Morgan fingerprint density at radius 3 is 2.73 bits per heavy atom. The number of amides is 1. The van der Waals surface area contributed by atoms with Gasteiger partial charge in [0.2, 0.25) is 6.54 Å². The van der Waals surface area contributed by atoms with Gasteiger partial charge in [0.15, 0.2) is 5.83 Å². The Kier molecular flexibility index (Phi) is 8.36. The molecule has 0 radical (unpaired) electrons. The maximum Gasteiger partial charge on any atom is 0.318 e. The average Bonchev–Trinajstić information content (AvgIpc) is 3.44. The second kappa shape index (κ2) is 12.4. The molecule has 0 saturated carbocycles. The average molecular weight is 602 g/mol. The first-order valence-corrected chi connectivity index (χ1v) is 15.1. The van der Waals surface area contributed by atoms with Gasteiger partial charge in [0, 0.05) is 48.9 Å². The molecule has 2 saturated heterocycles. The molecule has 2 atom stereocenters. The third-order valence-corrected chi connectivity index (χ3v) is 9.23. The van der Waals surface area contributed by atoms with E-state index < -0.39 is 17.8 Å². The highest BCUT2D eigenvalue weighted by molar-refractivity contribution is 5.97. The second-order valence-electron chi connectivity index (χ2n) is 11.9. The van der Waals surface area contributed by atoms with Crippen LogP contribution < -0.4 is 14.5 Å². The summed E-state index contributed by atoms with van der Waals surface area (Å²) in [4.78, 5) is 33.8. The van der Waals surface area contributed by atoms with Gasteiger partial charge < -0.3 is 29.2 Å². The van der Waals surface area contributed by atoms with E-state index >= 15 is 0 Å². The van der Waals surface area contributed by atoms with Crippen LogP contribution in [0.2, 0.25) is 0 Å². The van der Waals surface area contributed by atoms with E-state index in [1.165, 1.54) is 11.0 Å². The lowest BCUT2D eigenvalue weighted by Gasteiger charge is -2.41. The van der Waals surface area contributed by atoms with Gasteiger partial charge >= 0.3 is 6.01 Å². The number of likely N-dealkylation sites (N-methyl/N-ethyl adjacent to an activating group) is 1. The third-order valence-electron chi connectivity index (χ3n) is 9.23. The van der Waals surface area contributed by atoms with Crippen molar-refractivity contribution in [2.45, 2.75) is 44.8 Å². The molecule has 0 unspecified atom stereocenters. The van der Waals surface area contributed by atoms with Gasteiger partial charge in [0.25, 0.3) is 5.91 Å². The number of benzene rings is 2. The summed E-state index contributed by atoms with van der Waals surface area (Å²) in [6, 6.07) is 9.41. The Labute approximate surface area is 256 Å². The number of fused-ring (bicyclic) bond motifs is 2. The number of rotatable bonds is 7. The Morgan fingerprint density at radius 2 is 1.98 bits per heavy atom. The summed E-state index contributed by atoms with van der Waals surface area (Å²) < 4.78 is 34.7. The Morgan fingerprint density at radius 1 is 1.14 bits per heavy atom. The van der Waals surface area contributed by atoms with Crippen LogP contribution in [0.15, 0.2) is 42.7 Å². The lowest BCUT2D eigenvalue weighted by Crippen LogP contribution is -2.57. The maximum absolute atomic E-state index is 14.7. The lowest BCUT2D eigenvalue weighted by atomic mass is 9.99. The minimum absolute atomic E-state index is 0.0466. The quantitative estimate of drug-likeness (QED) is 0.291. The second-order valence-corrected chi connectivity index (χ2v) is 11.9. The van der Waals surface area contributed by atoms with Crippen molar-refractivity contribution in [1.29, 1.82) is 0 Å². The van der Waals surface area contributed by atoms with E-state index in [2.05, 4.69) is 33.2 Å². The summed E-state index contributed by atoms with van der Waals surface area (Å²) in [5, 5.41) is 1.87. The van der Waals surface area contributed by atoms with E-state index in [1.807, 2.05) is 31.2 Å². The Hall–Kier alpha value is -4.30. The number of carbonyl (C=O) groups is 1. The topological polar surface area (TPSA) is 69.4 Å². The standard InChI is InChI=1S/C33H37F2N7O2/c1-21-27(35)11-10-23-7-5-9-29(30(21)23)40-14-12-26-28(19-40)37-33(44-20-24-8-6-13-39(24)4)38-31(26)41-15-16-42(32(43)22(2)34)25(18-41)17-36-3/h5,7,9-11,24-25H,2,6,8,12-20H2,1,4H3/t24-,25-/m0/s1. The number of halogens is 2. The molecule has 0 N–H and O–H groups in total. The van der Waals surface area contributed by atoms with Crippen LogP contribution in [0.25, 0.3) is 15.6 Å². The summed E-state index contributed by atoms with van der Waals surface area (Å²) in [6.07, 6.45) is 2.82. The summed E-state index contributed by atoms with van der Waals surface area (Å²) in [6.45, 7) is 16.2. The normalized spacial score (nSPS) is 20.5. The van der Waals surface area contributed by atoms with Gasteiger partial charge in [-0.25, -0.2) is 15.4 Å². The number of likely N-dealkylation sites (tertiary alicyclic amines) is 1. The largest absolute Gasteiger partial charge is 0.462 e. The van der Waals surface area contributed by atoms with E-state index in [-0.39, 0.29) is 24.9 Å². The van der Waals surface area contributed by atoms with Gasteiger partial charge in [-0.3, -0.25) is 4.79 Å². The number of anilines is 2. The number of nitrogens with zero attached hydrogens (tertiary/aromatic N) is 7. The van der Waals surface area contributed by atoms with Gasteiger partial charge in [0.1, 0.15) is 24.3 Å². The molecule has 0 aliphatic carbocycles. The van der Waals surface area contributed by atoms with E-state index in [9.17, 15) is 13.6 Å². The van der Waals surface area contributed by atoms with Gasteiger partial charge in [-0.1, -0.05) is 24.8 Å². The molecule has 3 aliphatic rings. The molecule has 230 valence electrons. The van der Waals surface area contributed by atoms with Crippen LogP contribution in [0.4, 0.5) is 20.3 Å². The highest BCUT2D eigenvalue weighted by atomic mass is 19.1. The molecule has 2 aromatic carbocycles. The number of carbonyl (C=O) groups excluding carboxylic acids is 1. The van der Waals surface area contributed by atoms with Gasteiger partial charge in [0.05, 0.1) is 12.2 Å². The zero-order chi connectivity index (χ0) is 31.0. The first kappa shape index (κ1) is 29.8. The summed E-state index contributed by atoms with van der Waals surface area (Å²) >= 11 is 0. The Bertz CT molecular complexity index is 1640. The van der Waals surface area contributed by atoms with Crippen molar-refractivity contribution < 1.29 is 18.3 Å². The van der Waals surface area contributed by atoms with Crippen molar-refractivity contribution in [3.05, 3.63) is 76.8 Å². The van der Waals surface area contributed by atoms with Crippen LogP contribution in [0.1, 0.15) is 29.7 Å². The van der Waals surface area contributed by atoms with Crippen LogP contribution in [-0.2, 0) is 17.8 Å². The fourth-order valence-electron chi connectivity index (χ4n) is 6.79. The van der Waals surface area contributed by atoms with E-state index in [0.29, 0.717) is 50.8 Å². The predicted octanol–water partition coefficient (Wildman–Crippen LogP) is 4.53. The minimum Gasteiger partial charge on any atom is -0.462 e.